The molecular formula is C25H23N3O5. The zero-order valence-corrected chi connectivity index (χ0v) is 18.2. The molecule has 2 N–H and O–H groups in total. The van der Waals surface area contributed by atoms with Crippen LogP contribution in [0.2, 0.25) is 0 Å². The van der Waals surface area contributed by atoms with Crippen molar-refractivity contribution in [2.75, 3.05) is 11.9 Å². The summed E-state index contributed by atoms with van der Waals surface area (Å²) in [6, 6.07) is 20.5. The average Bonchev–Trinajstić information content (AvgIpc) is 2.82. The fraction of sp³-hybridized carbons (Fsp3) is 0.120. The Morgan fingerprint density at radius 2 is 1.64 bits per heavy atom. The first kappa shape index (κ1) is 23.2. The Bertz CT molecular complexity index is 1160. The largest absolute Gasteiger partial charge is 0.490 e. The van der Waals surface area contributed by atoms with Crippen LogP contribution in [0.1, 0.15) is 28.4 Å². The molecule has 0 aromatic heterocycles. The number of rotatable bonds is 7. The van der Waals surface area contributed by atoms with Gasteiger partial charge in [-0.1, -0.05) is 35.9 Å². The van der Waals surface area contributed by atoms with Gasteiger partial charge >= 0.3 is 17.8 Å². The molecule has 0 fully saturated rings. The van der Waals surface area contributed by atoms with Gasteiger partial charge in [-0.15, -0.1) is 0 Å². The van der Waals surface area contributed by atoms with Crippen LogP contribution < -0.4 is 20.2 Å². The van der Waals surface area contributed by atoms with Gasteiger partial charge in [0.1, 0.15) is 0 Å². The molecule has 8 nitrogen and oxygen atoms in total. The molecule has 3 aromatic carbocycles. The fourth-order valence-electron chi connectivity index (χ4n) is 2.73. The van der Waals surface area contributed by atoms with Gasteiger partial charge in [0, 0.05) is 5.69 Å². The number of hydrogen-bond acceptors (Lipinski definition) is 6. The van der Waals surface area contributed by atoms with Crippen LogP contribution in [-0.2, 0) is 9.59 Å². The molecule has 3 aromatic rings. The van der Waals surface area contributed by atoms with Gasteiger partial charge < -0.3 is 14.8 Å². The first-order chi connectivity index (χ1) is 16.0. The summed E-state index contributed by atoms with van der Waals surface area (Å²) in [6.45, 7) is 4.08. The third kappa shape index (κ3) is 6.76. The molecule has 0 aliphatic carbocycles. The zero-order valence-electron chi connectivity index (χ0n) is 18.2. The maximum atomic E-state index is 12.3. The Morgan fingerprint density at radius 1 is 0.909 bits per heavy atom. The van der Waals surface area contributed by atoms with E-state index >= 15 is 0 Å². The molecule has 168 valence electrons. The number of ether oxygens (including phenoxy) is 2. The molecule has 0 bridgehead atoms. The van der Waals surface area contributed by atoms with Crippen molar-refractivity contribution < 1.29 is 23.9 Å². The number of aryl methyl sites for hydroxylation is 1. The number of hydrogen-bond donors (Lipinski definition) is 2. The van der Waals surface area contributed by atoms with Crippen LogP contribution in [0.15, 0.2) is 77.9 Å². The Morgan fingerprint density at radius 3 is 2.33 bits per heavy atom. The number of amides is 2. The quantitative estimate of drug-likeness (QED) is 0.190. The van der Waals surface area contributed by atoms with Crippen molar-refractivity contribution in [3.8, 4) is 11.5 Å². The van der Waals surface area contributed by atoms with E-state index in [1.54, 1.807) is 67.6 Å². The van der Waals surface area contributed by atoms with Crippen molar-refractivity contribution in [2.45, 2.75) is 13.8 Å². The van der Waals surface area contributed by atoms with Crippen LogP contribution >= 0.6 is 0 Å². The first-order valence-electron chi connectivity index (χ1n) is 10.2. The van der Waals surface area contributed by atoms with E-state index in [4.69, 9.17) is 9.47 Å². The molecule has 0 radical (unpaired) electrons. The smallest absolute Gasteiger partial charge is 0.343 e. The van der Waals surface area contributed by atoms with Gasteiger partial charge in [-0.3, -0.25) is 9.59 Å². The normalized spacial score (nSPS) is 10.5. The Labute approximate surface area is 191 Å². The summed E-state index contributed by atoms with van der Waals surface area (Å²) in [4.78, 5) is 36.3. The lowest BCUT2D eigenvalue weighted by Crippen LogP contribution is -2.32. The summed E-state index contributed by atoms with van der Waals surface area (Å²) in [5, 5.41) is 6.30. The minimum absolute atomic E-state index is 0.254. The molecule has 33 heavy (non-hydrogen) atoms. The number of nitrogens with one attached hydrogen (secondary N) is 2. The van der Waals surface area contributed by atoms with Gasteiger partial charge in [-0.2, -0.15) is 5.10 Å². The molecule has 0 heterocycles. The van der Waals surface area contributed by atoms with Gasteiger partial charge in [-0.25, -0.2) is 10.2 Å². The lowest BCUT2D eigenvalue weighted by Gasteiger charge is -2.11. The van der Waals surface area contributed by atoms with Crippen LogP contribution in [0.5, 0.6) is 11.5 Å². The van der Waals surface area contributed by atoms with E-state index in [0.717, 1.165) is 5.56 Å². The minimum atomic E-state index is -0.912. The molecule has 8 heteroatoms. The van der Waals surface area contributed by atoms with E-state index in [1.807, 2.05) is 19.1 Å². The summed E-state index contributed by atoms with van der Waals surface area (Å²) in [6.07, 6.45) is 1.35. The number of benzene rings is 3. The summed E-state index contributed by atoms with van der Waals surface area (Å²) in [5.74, 6) is -1.66. The van der Waals surface area contributed by atoms with E-state index < -0.39 is 17.8 Å². The molecule has 0 aliphatic heterocycles. The van der Waals surface area contributed by atoms with Crippen LogP contribution in [0.4, 0.5) is 5.69 Å². The van der Waals surface area contributed by atoms with Gasteiger partial charge in [-0.05, 0) is 61.9 Å². The van der Waals surface area contributed by atoms with Crippen molar-refractivity contribution in [3.63, 3.8) is 0 Å². The Hall–Kier alpha value is -4.46. The molecule has 0 atom stereocenters. The van der Waals surface area contributed by atoms with Crippen LogP contribution in [0.3, 0.4) is 0 Å². The molecule has 0 aliphatic rings. The molecule has 3 rings (SSSR count). The SMILES string of the molecule is CCOc1cc(/C=N/NC(=O)C(=O)Nc2ccc(C)cc2)ccc1OC(=O)c1ccccc1. The highest BCUT2D eigenvalue weighted by Gasteiger charge is 2.14. The second-order valence-electron chi connectivity index (χ2n) is 6.91. The molecular weight excluding hydrogens is 422 g/mol. The highest BCUT2D eigenvalue weighted by Crippen LogP contribution is 2.29. The fourth-order valence-corrected chi connectivity index (χ4v) is 2.73. The highest BCUT2D eigenvalue weighted by atomic mass is 16.6. The van der Waals surface area contributed by atoms with Crippen LogP contribution in [0, 0.1) is 6.92 Å². The number of carbonyl (C=O) groups is 3. The summed E-state index contributed by atoms with van der Waals surface area (Å²) >= 11 is 0. The maximum Gasteiger partial charge on any atom is 0.343 e. The summed E-state index contributed by atoms with van der Waals surface area (Å²) < 4.78 is 11.0. The number of anilines is 1. The average molecular weight is 445 g/mol. The van der Waals surface area contributed by atoms with Crippen molar-refractivity contribution in [1.29, 1.82) is 0 Å². The topological polar surface area (TPSA) is 106 Å². The predicted molar refractivity (Wildman–Crippen MR) is 125 cm³/mol. The molecule has 0 saturated carbocycles. The lowest BCUT2D eigenvalue weighted by molar-refractivity contribution is -0.136. The van der Waals surface area contributed by atoms with Crippen molar-refractivity contribution in [2.24, 2.45) is 5.10 Å². The van der Waals surface area contributed by atoms with E-state index in [2.05, 4.69) is 15.8 Å². The highest BCUT2D eigenvalue weighted by molar-refractivity contribution is 6.39. The maximum absolute atomic E-state index is 12.3. The number of esters is 1. The first-order valence-corrected chi connectivity index (χ1v) is 10.2. The lowest BCUT2D eigenvalue weighted by atomic mass is 10.2. The Kier molecular flexibility index (Phi) is 7.91. The second-order valence-corrected chi connectivity index (χ2v) is 6.91. The zero-order chi connectivity index (χ0) is 23.6. The Balaban J connectivity index is 1.62. The number of nitrogens with zero attached hydrogens (tertiary/aromatic N) is 1. The molecule has 2 amide bonds. The van der Waals surface area contributed by atoms with E-state index in [1.165, 1.54) is 6.21 Å². The van der Waals surface area contributed by atoms with Gasteiger partial charge in [0.15, 0.2) is 11.5 Å². The third-order valence-corrected chi connectivity index (χ3v) is 4.38. The van der Waals surface area contributed by atoms with Crippen molar-refractivity contribution >= 4 is 29.7 Å². The summed E-state index contributed by atoms with van der Waals surface area (Å²) in [7, 11) is 0. The molecule has 0 spiro atoms. The van der Waals surface area contributed by atoms with Crippen molar-refractivity contribution in [1.82, 2.24) is 5.43 Å². The van der Waals surface area contributed by atoms with Crippen LogP contribution in [0.25, 0.3) is 0 Å². The monoisotopic (exact) mass is 445 g/mol. The third-order valence-electron chi connectivity index (χ3n) is 4.38. The number of carbonyl (C=O) groups excluding carboxylic acids is 3. The van der Waals surface area contributed by atoms with Gasteiger partial charge in [0.25, 0.3) is 0 Å². The summed E-state index contributed by atoms with van der Waals surface area (Å²) in [5.41, 5.74) is 4.70. The van der Waals surface area contributed by atoms with E-state index in [9.17, 15) is 14.4 Å². The predicted octanol–water partition coefficient (Wildman–Crippen LogP) is 3.70. The van der Waals surface area contributed by atoms with Gasteiger partial charge in [0.2, 0.25) is 0 Å². The standard InChI is InChI=1S/C25H23N3O5/c1-3-32-22-15-18(11-14-21(22)33-25(31)19-7-5-4-6-8-19)16-26-28-24(30)23(29)27-20-12-9-17(2)10-13-20/h4-16H,3H2,1-2H3,(H,27,29)(H,28,30)/b26-16+. The van der Waals surface area contributed by atoms with E-state index in [0.29, 0.717) is 29.2 Å². The van der Waals surface area contributed by atoms with Gasteiger partial charge in [0.05, 0.1) is 18.4 Å². The van der Waals surface area contributed by atoms with Crippen molar-refractivity contribution in [3.05, 3.63) is 89.5 Å². The second kappa shape index (κ2) is 11.2. The number of hydrazone groups is 1. The van der Waals surface area contributed by atoms with E-state index in [-0.39, 0.29) is 5.75 Å². The molecule has 0 unspecified atom stereocenters. The molecule has 0 saturated heterocycles. The minimum Gasteiger partial charge on any atom is -0.490 e. The van der Waals surface area contributed by atoms with Crippen LogP contribution in [-0.4, -0.2) is 30.6 Å².